The highest BCUT2D eigenvalue weighted by molar-refractivity contribution is 5.48. The van der Waals surface area contributed by atoms with Crippen molar-refractivity contribution in [2.75, 3.05) is 26.4 Å². The maximum Gasteiger partial charge on any atom is 0.157 e. The Balaban J connectivity index is 2.30. The quantitative estimate of drug-likeness (QED) is 0.555. The normalized spacial score (nSPS) is 21.8. The first-order chi connectivity index (χ1) is 10.2. The fraction of sp³-hybridized carbons (Fsp3) is 0.625. The SMILES string of the molecule is CCCC1CCOC(COCCO)c2cc(O)c(O)cc21. The number of aliphatic hydroxyl groups excluding tert-OH is 1. The third kappa shape index (κ3) is 3.87. The molecule has 2 atom stereocenters. The average molecular weight is 296 g/mol. The van der Waals surface area contributed by atoms with Crippen LogP contribution in [0, 0.1) is 0 Å². The van der Waals surface area contributed by atoms with Crippen LogP contribution in [0.25, 0.3) is 0 Å². The van der Waals surface area contributed by atoms with Crippen LogP contribution >= 0.6 is 0 Å². The fourth-order valence-electron chi connectivity index (χ4n) is 2.88. The van der Waals surface area contributed by atoms with E-state index in [9.17, 15) is 10.2 Å². The molecule has 1 aliphatic rings. The molecule has 0 spiro atoms. The van der Waals surface area contributed by atoms with Gasteiger partial charge < -0.3 is 24.8 Å². The van der Waals surface area contributed by atoms with Gasteiger partial charge in [-0.2, -0.15) is 0 Å². The van der Waals surface area contributed by atoms with Gasteiger partial charge >= 0.3 is 0 Å². The van der Waals surface area contributed by atoms with E-state index in [1.54, 1.807) is 12.1 Å². The number of hydrogen-bond donors (Lipinski definition) is 3. The number of hydrogen-bond acceptors (Lipinski definition) is 5. The van der Waals surface area contributed by atoms with Gasteiger partial charge in [-0.25, -0.2) is 0 Å². The highest BCUT2D eigenvalue weighted by Gasteiger charge is 2.27. The lowest BCUT2D eigenvalue weighted by molar-refractivity contribution is -0.0237. The zero-order chi connectivity index (χ0) is 15.2. The van der Waals surface area contributed by atoms with Crippen molar-refractivity contribution in [1.29, 1.82) is 0 Å². The number of phenols is 2. The van der Waals surface area contributed by atoms with E-state index >= 15 is 0 Å². The van der Waals surface area contributed by atoms with Crippen molar-refractivity contribution in [1.82, 2.24) is 0 Å². The highest BCUT2D eigenvalue weighted by Crippen LogP contribution is 2.41. The van der Waals surface area contributed by atoms with Crippen LogP contribution < -0.4 is 0 Å². The molecule has 0 radical (unpaired) electrons. The molecule has 1 heterocycles. The van der Waals surface area contributed by atoms with Crippen LogP contribution in [-0.2, 0) is 9.47 Å². The summed E-state index contributed by atoms with van der Waals surface area (Å²) >= 11 is 0. The largest absolute Gasteiger partial charge is 0.504 e. The van der Waals surface area contributed by atoms with Crippen LogP contribution in [0.4, 0.5) is 0 Å². The number of aliphatic hydroxyl groups is 1. The Bertz CT molecular complexity index is 460. The monoisotopic (exact) mass is 296 g/mol. The van der Waals surface area contributed by atoms with Crippen molar-refractivity contribution in [2.24, 2.45) is 0 Å². The molecule has 3 N–H and O–H groups in total. The lowest BCUT2D eigenvalue weighted by atomic mass is 9.87. The van der Waals surface area contributed by atoms with Gasteiger partial charge in [-0.15, -0.1) is 0 Å². The van der Waals surface area contributed by atoms with Crippen LogP contribution in [0.2, 0.25) is 0 Å². The van der Waals surface area contributed by atoms with Gasteiger partial charge in [0.25, 0.3) is 0 Å². The number of benzene rings is 1. The molecule has 0 saturated carbocycles. The van der Waals surface area contributed by atoms with Crippen molar-refractivity contribution in [2.45, 2.75) is 38.2 Å². The summed E-state index contributed by atoms with van der Waals surface area (Å²) in [5.74, 6) is 0.0905. The average Bonchev–Trinajstić information content (AvgIpc) is 2.62. The van der Waals surface area contributed by atoms with Gasteiger partial charge in [0.15, 0.2) is 11.5 Å². The molecule has 1 aromatic carbocycles. The van der Waals surface area contributed by atoms with E-state index in [4.69, 9.17) is 14.6 Å². The summed E-state index contributed by atoms with van der Waals surface area (Å²) in [6.45, 7) is 3.31. The van der Waals surface area contributed by atoms with Crippen LogP contribution in [0.15, 0.2) is 12.1 Å². The zero-order valence-electron chi connectivity index (χ0n) is 12.4. The second-order valence-electron chi connectivity index (χ2n) is 5.40. The van der Waals surface area contributed by atoms with Gasteiger partial charge in [-0.3, -0.25) is 0 Å². The topological polar surface area (TPSA) is 79.2 Å². The summed E-state index contributed by atoms with van der Waals surface area (Å²) in [4.78, 5) is 0. The maximum absolute atomic E-state index is 9.80. The molecule has 0 aliphatic carbocycles. The molecule has 118 valence electrons. The molecular weight excluding hydrogens is 272 g/mol. The van der Waals surface area contributed by atoms with E-state index in [2.05, 4.69) is 6.92 Å². The molecule has 1 aromatic rings. The number of phenolic OH excluding ortho intramolecular Hbond substituents is 2. The van der Waals surface area contributed by atoms with Gasteiger partial charge in [0, 0.05) is 6.61 Å². The highest BCUT2D eigenvalue weighted by atomic mass is 16.5. The molecule has 2 rings (SSSR count). The van der Waals surface area contributed by atoms with E-state index in [-0.39, 0.29) is 30.8 Å². The second-order valence-corrected chi connectivity index (χ2v) is 5.40. The van der Waals surface area contributed by atoms with Crippen molar-refractivity contribution in [3.8, 4) is 11.5 Å². The first kappa shape index (κ1) is 16.1. The number of aromatic hydroxyl groups is 2. The van der Waals surface area contributed by atoms with Gasteiger partial charge in [0.1, 0.15) is 6.10 Å². The molecule has 2 unspecified atom stereocenters. The second kappa shape index (κ2) is 7.64. The van der Waals surface area contributed by atoms with Gasteiger partial charge in [-0.1, -0.05) is 13.3 Å². The Morgan fingerprint density at radius 1 is 1.24 bits per heavy atom. The predicted octanol–water partition coefficient (Wildman–Crippen LogP) is 2.45. The Labute approximate surface area is 125 Å². The summed E-state index contributed by atoms with van der Waals surface area (Å²) in [5.41, 5.74) is 1.90. The minimum atomic E-state index is -0.278. The molecule has 1 aliphatic heterocycles. The minimum Gasteiger partial charge on any atom is -0.504 e. The number of ether oxygens (including phenoxy) is 2. The molecule has 5 heteroatoms. The lowest BCUT2D eigenvalue weighted by Gasteiger charge is -2.20. The molecule has 0 aromatic heterocycles. The molecule has 0 bridgehead atoms. The van der Waals surface area contributed by atoms with Crippen molar-refractivity contribution >= 4 is 0 Å². The van der Waals surface area contributed by atoms with Crippen LogP contribution in [-0.4, -0.2) is 41.7 Å². The van der Waals surface area contributed by atoms with E-state index in [1.807, 2.05) is 0 Å². The summed E-state index contributed by atoms with van der Waals surface area (Å²) < 4.78 is 11.2. The van der Waals surface area contributed by atoms with E-state index in [1.165, 1.54) is 0 Å². The smallest absolute Gasteiger partial charge is 0.157 e. The third-order valence-corrected chi connectivity index (χ3v) is 3.89. The summed E-state index contributed by atoms with van der Waals surface area (Å²) in [6.07, 6.45) is 2.68. The van der Waals surface area contributed by atoms with E-state index < -0.39 is 0 Å². The molecule has 0 amide bonds. The van der Waals surface area contributed by atoms with Crippen LogP contribution in [0.3, 0.4) is 0 Å². The molecular formula is C16H24O5. The van der Waals surface area contributed by atoms with Crippen LogP contribution in [0.5, 0.6) is 11.5 Å². The zero-order valence-corrected chi connectivity index (χ0v) is 12.4. The van der Waals surface area contributed by atoms with E-state index in [0.717, 1.165) is 30.4 Å². The molecule has 0 saturated heterocycles. The number of fused-ring (bicyclic) bond motifs is 1. The predicted molar refractivity (Wildman–Crippen MR) is 78.6 cm³/mol. The number of rotatable bonds is 6. The van der Waals surface area contributed by atoms with Crippen molar-refractivity contribution in [3.05, 3.63) is 23.3 Å². The fourth-order valence-corrected chi connectivity index (χ4v) is 2.88. The van der Waals surface area contributed by atoms with E-state index in [0.29, 0.717) is 19.1 Å². The summed E-state index contributed by atoms with van der Waals surface area (Å²) in [5, 5.41) is 28.4. The Morgan fingerprint density at radius 2 is 1.95 bits per heavy atom. The van der Waals surface area contributed by atoms with Gasteiger partial charge in [0.2, 0.25) is 0 Å². The Kier molecular flexibility index (Phi) is 5.85. The Morgan fingerprint density at radius 3 is 2.62 bits per heavy atom. The van der Waals surface area contributed by atoms with Crippen LogP contribution in [0.1, 0.15) is 49.3 Å². The molecule has 5 nitrogen and oxygen atoms in total. The minimum absolute atomic E-state index is 0.0289. The van der Waals surface area contributed by atoms with Gasteiger partial charge in [-0.05, 0) is 42.0 Å². The van der Waals surface area contributed by atoms with Crippen molar-refractivity contribution in [3.63, 3.8) is 0 Å². The standard InChI is InChI=1S/C16H24O5/c1-2-3-11-4-6-21-16(10-20-7-5-17)13-9-15(19)14(18)8-12(11)13/h8-9,11,16-19H,2-7,10H2,1H3. The van der Waals surface area contributed by atoms with Crippen molar-refractivity contribution < 1.29 is 24.8 Å². The first-order valence-electron chi connectivity index (χ1n) is 7.53. The summed E-state index contributed by atoms with van der Waals surface area (Å²) in [6, 6.07) is 3.23. The molecule has 0 fully saturated rings. The van der Waals surface area contributed by atoms with Gasteiger partial charge in [0.05, 0.1) is 19.8 Å². The Hall–Kier alpha value is -1.30. The third-order valence-electron chi connectivity index (χ3n) is 3.89. The lowest BCUT2D eigenvalue weighted by Crippen LogP contribution is -2.14. The molecule has 21 heavy (non-hydrogen) atoms. The summed E-state index contributed by atoms with van der Waals surface area (Å²) in [7, 11) is 0. The first-order valence-corrected chi connectivity index (χ1v) is 7.53. The maximum atomic E-state index is 9.80.